The lowest BCUT2D eigenvalue weighted by molar-refractivity contribution is 0.415. The van der Waals surface area contributed by atoms with Crippen molar-refractivity contribution in [3.63, 3.8) is 0 Å². The van der Waals surface area contributed by atoms with Crippen LogP contribution in [0.25, 0.3) is 0 Å². The maximum Gasteiger partial charge on any atom is 0.215 e. The number of nitrogens with one attached hydrogen (secondary N) is 1. The molecule has 4 nitrogen and oxygen atoms in total. The normalized spacial score (nSPS) is 21.0. The maximum absolute atomic E-state index is 12.0. The molecule has 17 heavy (non-hydrogen) atoms. The molecule has 1 heterocycles. The van der Waals surface area contributed by atoms with Crippen molar-refractivity contribution in [2.75, 3.05) is 25.4 Å². The fourth-order valence-electron chi connectivity index (χ4n) is 1.79. The molecule has 1 N–H and O–H groups in total. The molecule has 1 saturated heterocycles. The van der Waals surface area contributed by atoms with Crippen molar-refractivity contribution in [1.29, 1.82) is 0 Å². The molecule has 94 valence electrons. The SMILES string of the molecule is O=S1(=O)CCNCCN1Cc1ccccc1Cl. The van der Waals surface area contributed by atoms with Crippen molar-refractivity contribution >= 4 is 21.6 Å². The van der Waals surface area contributed by atoms with E-state index in [9.17, 15) is 8.42 Å². The van der Waals surface area contributed by atoms with E-state index in [2.05, 4.69) is 5.32 Å². The minimum absolute atomic E-state index is 0.150. The zero-order valence-corrected chi connectivity index (χ0v) is 11.0. The van der Waals surface area contributed by atoms with Gasteiger partial charge in [0.1, 0.15) is 0 Å². The molecule has 1 aliphatic heterocycles. The van der Waals surface area contributed by atoms with Crippen LogP contribution < -0.4 is 5.32 Å². The minimum atomic E-state index is -3.16. The van der Waals surface area contributed by atoms with Gasteiger partial charge in [-0.05, 0) is 11.6 Å². The van der Waals surface area contributed by atoms with Crippen LogP contribution in [0.5, 0.6) is 0 Å². The van der Waals surface area contributed by atoms with Gasteiger partial charge in [-0.15, -0.1) is 0 Å². The standard InChI is InChI=1S/C11H15ClN2O2S/c12-11-4-2-1-3-10(11)9-14-7-5-13-6-8-17(14,15)16/h1-4,13H,5-9H2. The molecule has 2 rings (SSSR count). The predicted molar refractivity (Wildman–Crippen MR) is 68.5 cm³/mol. The van der Waals surface area contributed by atoms with E-state index in [1.165, 1.54) is 4.31 Å². The van der Waals surface area contributed by atoms with Crippen LogP contribution in [0.4, 0.5) is 0 Å². The Morgan fingerprint density at radius 2 is 2.06 bits per heavy atom. The van der Waals surface area contributed by atoms with E-state index >= 15 is 0 Å². The second-order valence-electron chi connectivity index (χ2n) is 3.99. The highest BCUT2D eigenvalue weighted by Gasteiger charge is 2.24. The van der Waals surface area contributed by atoms with Crippen LogP contribution in [0.1, 0.15) is 5.56 Å². The van der Waals surface area contributed by atoms with Gasteiger partial charge in [0.05, 0.1) is 5.75 Å². The third-order valence-electron chi connectivity index (χ3n) is 2.77. The van der Waals surface area contributed by atoms with Crippen LogP contribution in [-0.2, 0) is 16.6 Å². The third-order valence-corrected chi connectivity index (χ3v) is 4.96. The van der Waals surface area contributed by atoms with E-state index in [1.54, 1.807) is 6.07 Å². The van der Waals surface area contributed by atoms with E-state index < -0.39 is 10.0 Å². The molecule has 1 aliphatic rings. The fourth-order valence-corrected chi connectivity index (χ4v) is 3.35. The van der Waals surface area contributed by atoms with Crippen molar-refractivity contribution in [3.8, 4) is 0 Å². The van der Waals surface area contributed by atoms with Gasteiger partial charge in [0, 0.05) is 31.2 Å². The molecule has 6 heteroatoms. The number of sulfonamides is 1. The largest absolute Gasteiger partial charge is 0.314 e. The van der Waals surface area contributed by atoms with Crippen LogP contribution in [0.3, 0.4) is 0 Å². The molecule has 0 amide bonds. The van der Waals surface area contributed by atoms with E-state index in [0.29, 0.717) is 31.2 Å². The first kappa shape index (κ1) is 12.8. The van der Waals surface area contributed by atoms with Gasteiger partial charge >= 0.3 is 0 Å². The van der Waals surface area contributed by atoms with Gasteiger partial charge in [0.2, 0.25) is 10.0 Å². The lowest BCUT2D eigenvalue weighted by atomic mass is 10.2. The first-order chi connectivity index (χ1) is 8.09. The van der Waals surface area contributed by atoms with Crippen LogP contribution >= 0.6 is 11.6 Å². The van der Waals surface area contributed by atoms with Crippen LogP contribution in [0, 0.1) is 0 Å². The Morgan fingerprint density at radius 3 is 2.82 bits per heavy atom. The summed E-state index contributed by atoms with van der Waals surface area (Å²) < 4.78 is 25.4. The predicted octanol–water partition coefficient (Wildman–Crippen LogP) is 1.07. The Kier molecular flexibility index (Phi) is 4.04. The maximum atomic E-state index is 12.0. The Morgan fingerprint density at radius 1 is 1.29 bits per heavy atom. The number of hydrogen-bond acceptors (Lipinski definition) is 3. The lowest BCUT2D eigenvalue weighted by Gasteiger charge is -2.19. The smallest absolute Gasteiger partial charge is 0.215 e. The highest BCUT2D eigenvalue weighted by atomic mass is 35.5. The Labute approximate surface area is 107 Å². The van der Waals surface area contributed by atoms with Gasteiger partial charge < -0.3 is 5.32 Å². The number of rotatable bonds is 2. The van der Waals surface area contributed by atoms with Gasteiger partial charge in [0.15, 0.2) is 0 Å². The summed E-state index contributed by atoms with van der Waals surface area (Å²) in [6, 6.07) is 7.34. The highest BCUT2D eigenvalue weighted by Crippen LogP contribution is 2.19. The summed E-state index contributed by atoms with van der Waals surface area (Å²) in [6.07, 6.45) is 0. The quantitative estimate of drug-likeness (QED) is 0.878. The van der Waals surface area contributed by atoms with Crippen molar-refractivity contribution in [2.24, 2.45) is 0 Å². The summed E-state index contributed by atoms with van der Waals surface area (Å²) in [5, 5.41) is 3.69. The van der Waals surface area contributed by atoms with Crippen molar-refractivity contribution in [2.45, 2.75) is 6.54 Å². The van der Waals surface area contributed by atoms with E-state index in [-0.39, 0.29) is 5.75 Å². The van der Waals surface area contributed by atoms with Crippen molar-refractivity contribution in [1.82, 2.24) is 9.62 Å². The molecule has 0 bridgehead atoms. The van der Waals surface area contributed by atoms with E-state index in [4.69, 9.17) is 11.6 Å². The van der Waals surface area contributed by atoms with Gasteiger partial charge in [-0.25, -0.2) is 8.42 Å². The Balaban J connectivity index is 2.19. The minimum Gasteiger partial charge on any atom is -0.314 e. The molecule has 0 aromatic heterocycles. The average Bonchev–Trinajstić information content (AvgIpc) is 2.44. The van der Waals surface area contributed by atoms with Crippen molar-refractivity contribution < 1.29 is 8.42 Å². The van der Waals surface area contributed by atoms with Crippen LogP contribution in [0.15, 0.2) is 24.3 Å². The summed E-state index contributed by atoms with van der Waals surface area (Å²) in [5.74, 6) is 0.150. The third kappa shape index (κ3) is 3.19. The molecule has 0 atom stereocenters. The average molecular weight is 275 g/mol. The van der Waals surface area contributed by atoms with Gasteiger partial charge in [-0.3, -0.25) is 0 Å². The Bertz CT molecular complexity index is 490. The van der Waals surface area contributed by atoms with Gasteiger partial charge in [-0.1, -0.05) is 29.8 Å². The van der Waals surface area contributed by atoms with Crippen LogP contribution in [0.2, 0.25) is 5.02 Å². The molecule has 0 radical (unpaired) electrons. The van der Waals surface area contributed by atoms with Gasteiger partial charge in [-0.2, -0.15) is 4.31 Å². The number of halogens is 1. The molecular weight excluding hydrogens is 260 g/mol. The number of nitrogens with zero attached hydrogens (tertiary/aromatic N) is 1. The molecule has 0 aliphatic carbocycles. The fraction of sp³-hybridized carbons (Fsp3) is 0.455. The molecule has 1 fully saturated rings. The second-order valence-corrected chi connectivity index (χ2v) is 6.49. The molecular formula is C11H15ClN2O2S. The lowest BCUT2D eigenvalue weighted by Crippen LogP contribution is -2.33. The molecule has 0 saturated carbocycles. The topological polar surface area (TPSA) is 49.4 Å². The number of hydrogen-bond donors (Lipinski definition) is 1. The van der Waals surface area contributed by atoms with Gasteiger partial charge in [0.25, 0.3) is 0 Å². The first-order valence-electron chi connectivity index (χ1n) is 5.51. The monoisotopic (exact) mass is 274 g/mol. The Hall–Kier alpha value is -0.620. The first-order valence-corrected chi connectivity index (χ1v) is 7.50. The molecule has 1 aromatic rings. The molecule has 0 unspecified atom stereocenters. The second kappa shape index (κ2) is 5.35. The zero-order valence-electron chi connectivity index (χ0n) is 9.39. The zero-order chi connectivity index (χ0) is 12.3. The summed E-state index contributed by atoms with van der Waals surface area (Å²) >= 11 is 6.04. The summed E-state index contributed by atoms with van der Waals surface area (Å²) in [5.41, 5.74) is 0.847. The molecule has 1 aromatic carbocycles. The summed E-state index contributed by atoms with van der Waals surface area (Å²) in [7, 11) is -3.16. The number of benzene rings is 1. The summed E-state index contributed by atoms with van der Waals surface area (Å²) in [6.45, 7) is 2.04. The molecule has 0 spiro atoms. The van der Waals surface area contributed by atoms with E-state index in [0.717, 1.165) is 5.56 Å². The highest BCUT2D eigenvalue weighted by molar-refractivity contribution is 7.89. The van der Waals surface area contributed by atoms with E-state index in [1.807, 2.05) is 18.2 Å². The summed E-state index contributed by atoms with van der Waals surface area (Å²) in [4.78, 5) is 0. The van der Waals surface area contributed by atoms with Crippen LogP contribution in [-0.4, -0.2) is 38.1 Å². The van der Waals surface area contributed by atoms with Crippen molar-refractivity contribution in [3.05, 3.63) is 34.9 Å².